The van der Waals surface area contributed by atoms with Crippen molar-refractivity contribution in [3.63, 3.8) is 0 Å². The molecule has 0 amide bonds. The van der Waals surface area contributed by atoms with Crippen molar-refractivity contribution in [1.82, 2.24) is 9.29 Å². The van der Waals surface area contributed by atoms with Gasteiger partial charge < -0.3 is 4.74 Å². The fraction of sp³-hybridized carbons (Fsp3) is 0.500. The van der Waals surface area contributed by atoms with Crippen LogP contribution >= 0.6 is 0 Å². The highest BCUT2D eigenvalue weighted by atomic mass is 32.2. The minimum atomic E-state index is -3.48. The number of ether oxygens (including phenoxy) is 1. The zero-order chi connectivity index (χ0) is 14.3. The normalized spacial score (nSPS) is 11.5. The van der Waals surface area contributed by atoms with Crippen molar-refractivity contribution in [2.75, 3.05) is 18.9 Å². The SMILES string of the molecule is CCOC(=O)CN(Cc1ccccn1)S(=O)(=O)CC. The van der Waals surface area contributed by atoms with E-state index in [2.05, 4.69) is 4.98 Å². The van der Waals surface area contributed by atoms with Crippen LogP contribution in [0, 0.1) is 0 Å². The largest absolute Gasteiger partial charge is 0.465 e. The van der Waals surface area contributed by atoms with E-state index in [1.807, 2.05) is 0 Å². The molecule has 1 rings (SSSR count). The summed E-state index contributed by atoms with van der Waals surface area (Å²) >= 11 is 0. The molecule has 0 radical (unpaired) electrons. The van der Waals surface area contributed by atoms with Crippen LogP contribution in [0.4, 0.5) is 0 Å². The number of hydrogen-bond donors (Lipinski definition) is 0. The van der Waals surface area contributed by atoms with Gasteiger partial charge in [-0.15, -0.1) is 0 Å². The fourth-order valence-corrected chi connectivity index (χ4v) is 2.45. The van der Waals surface area contributed by atoms with Crippen LogP contribution in [0.3, 0.4) is 0 Å². The monoisotopic (exact) mass is 286 g/mol. The van der Waals surface area contributed by atoms with Crippen LogP contribution in [-0.2, 0) is 26.1 Å². The van der Waals surface area contributed by atoms with E-state index in [4.69, 9.17) is 4.74 Å². The topological polar surface area (TPSA) is 76.6 Å². The lowest BCUT2D eigenvalue weighted by molar-refractivity contribution is -0.143. The summed E-state index contributed by atoms with van der Waals surface area (Å²) in [6.07, 6.45) is 1.58. The molecular weight excluding hydrogens is 268 g/mol. The van der Waals surface area contributed by atoms with E-state index in [0.29, 0.717) is 5.69 Å². The highest BCUT2D eigenvalue weighted by Crippen LogP contribution is 2.08. The molecule has 0 bridgehead atoms. The molecule has 0 saturated heterocycles. The number of carbonyl (C=O) groups is 1. The molecule has 0 fully saturated rings. The molecular formula is C12H18N2O4S. The maximum atomic E-state index is 11.9. The maximum Gasteiger partial charge on any atom is 0.321 e. The van der Waals surface area contributed by atoms with Crippen LogP contribution in [-0.4, -0.2) is 42.6 Å². The van der Waals surface area contributed by atoms with Gasteiger partial charge in [-0.1, -0.05) is 6.07 Å². The standard InChI is InChI=1S/C12H18N2O4S/c1-3-18-12(15)10-14(19(16,17)4-2)9-11-7-5-6-8-13-11/h5-8H,3-4,9-10H2,1-2H3. The van der Waals surface area contributed by atoms with E-state index in [1.165, 1.54) is 6.92 Å². The lowest BCUT2D eigenvalue weighted by Crippen LogP contribution is -2.37. The molecule has 0 saturated carbocycles. The quantitative estimate of drug-likeness (QED) is 0.693. The molecule has 0 aliphatic rings. The average Bonchev–Trinajstić information content (AvgIpc) is 2.39. The minimum absolute atomic E-state index is 0.0653. The van der Waals surface area contributed by atoms with Gasteiger partial charge in [-0.05, 0) is 26.0 Å². The van der Waals surface area contributed by atoms with E-state index < -0.39 is 16.0 Å². The number of carbonyl (C=O) groups excluding carboxylic acids is 1. The first-order valence-electron chi connectivity index (χ1n) is 6.03. The van der Waals surface area contributed by atoms with E-state index in [-0.39, 0.29) is 25.4 Å². The van der Waals surface area contributed by atoms with Gasteiger partial charge in [0.15, 0.2) is 0 Å². The van der Waals surface area contributed by atoms with Crippen molar-refractivity contribution >= 4 is 16.0 Å². The Balaban J connectivity index is 2.85. The molecule has 1 aromatic heterocycles. The molecule has 0 aliphatic heterocycles. The van der Waals surface area contributed by atoms with Crippen LogP contribution in [0.5, 0.6) is 0 Å². The second-order valence-electron chi connectivity index (χ2n) is 3.79. The third-order valence-electron chi connectivity index (χ3n) is 2.43. The summed E-state index contributed by atoms with van der Waals surface area (Å²) < 4.78 is 29.7. The molecule has 106 valence electrons. The number of aromatic nitrogens is 1. The fourth-order valence-electron chi connectivity index (χ4n) is 1.46. The van der Waals surface area contributed by atoms with E-state index in [9.17, 15) is 13.2 Å². The molecule has 0 N–H and O–H groups in total. The molecule has 0 aromatic carbocycles. The molecule has 0 spiro atoms. The highest BCUT2D eigenvalue weighted by Gasteiger charge is 2.24. The predicted molar refractivity (Wildman–Crippen MR) is 70.7 cm³/mol. The maximum absolute atomic E-state index is 11.9. The zero-order valence-corrected chi connectivity index (χ0v) is 11.9. The molecule has 0 unspecified atom stereocenters. The van der Waals surface area contributed by atoms with Crippen molar-refractivity contribution < 1.29 is 17.9 Å². The van der Waals surface area contributed by atoms with Crippen LogP contribution in [0.15, 0.2) is 24.4 Å². The number of rotatable bonds is 7. The molecule has 1 heterocycles. The van der Waals surface area contributed by atoms with Crippen LogP contribution in [0.1, 0.15) is 19.5 Å². The second kappa shape index (κ2) is 7.20. The Hall–Kier alpha value is -1.47. The summed E-state index contributed by atoms with van der Waals surface area (Å²) in [5.74, 6) is -0.630. The van der Waals surface area contributed by atoms with Crippen molar-refractivity contribution in [3.05, 3.63) is 30.1 Å². The van der Waals surface area contributed by atoms with E-state index in [0.717, 1.165) is 4.31 Å². The first-order chi connectivity index (χ1) is 8.99. The Morgan fingerprint density at radius 3 is 2.63 bits per heavy atom. The molecule has 6 nitrogen and oxygen atoms in total. The van der Waals surface area contributed by atoms with Gasteiger partial charge in [-0.3, -0.25) is 9.78 Å². The van der Waals surface area contributed by atoms with Gasteiger partial charge in [-0.2, -0.15) is 4.31 Å². The molecule has 1 aromatic rings. The molecule has 0 atom stereocenters. The Bertz CT molecular complexity index is 502. The minimum Gasteiger partial charge on any atom is -0.465 e. The van der Waals surface area contributed by atoms with E-state index >= 15 is 0 Å². The lowest BCUT2D eigenvalue weighted by atomic mass is 10.3. The van der Waals surface area contributed by atoms with E-state index in [1.54, 1.807) is 31.3 Å². The summed E-state index contributed by atoms with van der Waals surface area (Å²) in [6.45, 7) is 3.21. The lowest BCUT2D eigenvalue weighted by Gasteiger charge is -2.19. The van der Waals surface area contributed by atoms with Gasteiger partial charge in [-0.25, -0.2) is 8.42 Å². The first kappa shape index (κ1) is 15.6. The van der Waals surface area contributed by atoms with Gasteiger partial charge in [0.2, 0.25) is 10.0 Å². The summed E-state index contributed by atoms with van der Waals surface area (Å²) in [6, 6.07) is 5.22. The Labute approximate surface area is 113 Å². The summed E-state index contributed by atoms with van der Waals surface area (Å²) in [4.78, 5) is 15.5. The number of esters is 1. The summed E-state index contributed by atoms with van der Waals surface area (Å²) in [5, 5.41) is 0. The Morgan fingerprint density at radius 1 is 1.37 bits per heavy atom. The number of hydrogen-bond acceptors (Lipinski definition) is 5. The highest BCUT2D eigenvalue weighted by molar-refractivity contribution is 7.89. The first-order valence-corrected chi connectivity index (χ1v) is 7.63. The molecule has 0 aliphatic carbocycles. The second-order valence-corrected chi connectivity index (χ2v) is 6.05. The van der Waals surface area contributed by atoms with Crippen molar-refractivity contribution in [2.24, 2.45) is 0 Å². The van der Waals surface area contributed by atoms with Gasteiger partial charge in [0.1, 0.15) is 6.54 Å². The van der Waals surface area contributed by atoms with Crippen molar-refractivity contribution in [2.45, 2.75) is 20.4 Å². The number of sulfonamides is 1. The van der Waals surface area contributed by atoms with Gasteiger partial charge >= 0.3 is 5.97 Å². The van der Waals surface area contributed by atoms with Gasteiger partial charge in [0.05, 0.1) is 24.6 Å². The summed E-state index contributed by atoms with van der Waals surface area (Å²) in [7, 11) is -3.48. The summed E-state index contributed by atoms with van der Waals surface area (Å²) in [5.41, 5.74) is 0.587. The number of nitrogens with zero attached hydrogens (tertiary/aromatic N) is 2. The smallest absolute Gasteiger partial charge is 0.321 e. The van der Waals surface area contributed by atoms with Crippen LogP contribution in [0.2, 0.25) is 0 Å². The predicted octanol–water partition coefficient (Wildman–Crippen LogP) is 0.796. The van der Waals surface area contributed by atoms with Gasteiger partial charge in [0, 0.05) is 6.20 Å². The number of pyridine rings is 1. The van der Waals surface area contributed by atoms with Crippen molar-refractivity contribution in [3.8, 4) is 0 Å². The third kappa shape index (κ3) is 4.96. The van der Waals surface area contributed by atoms with Crippen LogP contribution < -0.4 is 0 Å². The van der Waals surface area contributed by atoms with Crippen LogP contribution in [0.25, 0.3) is 0 Å². The Morgan fingerprint density at radius 2 is 2.11 bits per heavy atom. The molecule has 19 heavy (non-hydrogen) atoms. The molecule has 7 heteroatoms. The Kier molecular flexibility index (Phi) is 5.91. The zero-order valence-electron chi connectivity index (χ0n) is 11.1. The van der Waals surface area contributed by atoms with Gasteiger partial charge in [0.25, 0.3) is 0 Å². The van der Waals surface area contributed by atoms with Crippen molar-refractivity contribution in [1.29, 1.82) is 0 Å². The average molecular weight is 286 g/mol. The third-order valence-corrected chi connectivity index (χ3v) is 4.21.